The van der Waals surface area contributed by atoms with Crippen LogP contribution in [0, 0.1) is 0 Å². The number of nitrogens with zero attached hydrogens (tertiary/aromatic N) is 2. The second kappa shape index (κ2) is 5.83. The molecular formula is C22H14N2S2Si. The number of benzene rings is 3. The first-order valence-corrected chi connectivity index (χ1v) is 12.5. The first-order valence-electron chi connectivity index (χ1n) is 8.85. The monoisotopic (exact) mass is 398 g/mol. The SMILES string of the molecule is c1ccc2c(c1)Sc1ccccc1[Si]21c2ccccc2Sc2nccnc21. The van der Waals surface area contributed by atoms with E-state index in [1.807, 2.05) is 24.2 Å². The van der Waals surface area contributed by atoms with Crippen LogP contribution in [0.3, 0.4) is 0 Å². The molecule has 0 saturated carbocycles. The van der Waals surface area contributed by atoms with Crippen molar-refractivity contribution in [3.63, 3.8) is 0 Å². The number of aromatic nitrogens is 2. The van der Waals surface area contributed by atoms with Gasteiger partial charge in [-0.05, 0) is 33.8 Å². The van der Waals surface area contributed by atoms with E-state index in [0.717, 1.165) is 5.03 Å². The van der Waals surface area contributed by atoms with Crippen molar-refractivity contribution in [2.75, 3.05) is 0 Å². The number of hydrogen-bond acceptors (Lipinski definition) is 4. The van der Waals surface area contributed by atoms with Crippen LogP contribution in [0.15, 0.2) is 105 Å². The molecule has 0 fully saturated rings. The van der Waals surface area contributed by atoms with E-state index in [1.165, 1.54) is 35.6 Å². The summed E-state index contributed by atoms with van der Waals surface area (Å²) < 4.78 is 0. The summed E-state index contributed by atoms with van der Waals surface area (Å²) in [6.07, 6.45) is 3.67. The van der Waals surface area contributed by atoms with Crippen molar-refractivity contribution in [3.05, 3.63) is 85.2 Å². The summed E-state index contributed by atoms with van der Waals surface area (Å²) in [6.45, 7) is 0. The van der Waals surface area contributed by atoms with Gasteiger partial charge < -0.3 is 0 Å². The molecule has 2 aliphatic heterocycles. The molecule has 3 heterocycles. The van der Waals surface area contributed by atoms with Gasteiger partial charge in [0.2, 0.25) is 8.07 Å². The molecule has 1 aromatic heterocycles. The van der Waals surface area contributed by atoms with Crippen molar-refractivity contribution in [2.45, 2.75) is 19.7 Å². The molecule has 0 unspecified atom stereocenters. The van der Waals surface area contributed by atoms with Crippen LogP contribution in [0.2, 0.25) is 0 Å². The first-order chi connectivity index (χ1) is 13.4. The van der Waals surface area contributed by atoms with E-state index in [9.17, 15) is 0 Å². The zero-order valence-corrected chi connectivity index (χ0v) is 16.9. The maximum absolute atomic E-state index is 4.96. The van der Waals surface area contributed by atoms with Gasteiger partial charge in [0.1, 0.15) is 5.03 Å². The highest BCUT2D eigenvalue weighted by atomic mass is 32.2. The van der Waals surface area contributed by atoms with E-state index in [1.54, 1.807) is 11.8 Å². The molecule has 0 aliphatic carbocycles. The fourth-order valence-corrected chi connectivity index (χ4v) is 13.1. The summed E-state index contributed by atoms with van der Waals surface area (Å²) >= 11 is 3.63. The summed E-state index contributed by atoms with van der Waals surface area (Å²) in [6, 6.07) is 26.6. The molecule has 0 radical (unpaired) electrons. The Bertz CT molecular complexity index is 1020. The van der Waals surface area contributed by atoms with Crippen molar-refractivity contribution >= 4 is 52.5 Å². The van der Waals surface area contributed by atoms with Crippen molar-refractivity contribution in [1.82, 2.24) is 9.97 Å². The maximum atomic E-state index is 4.96. The summed E-state index contributed by atoms with van der Waals surface area (Å²) in [4.78, 5) is 13.7. The molecule has 2 aliphatic rings. The molecule has 1 spiro atoms. The number of fused-ring (bicyclic) bond motifs is 8. The highest BCUT2D eigenvalue weighted by Gasteiger charge is 2.52. The Morgan fingerprint density at radius 2 is 1.04 bits per heavy atom. The van der Waals surface area contributed by atoms with Crippen LogP contribution in [-0.4, -0.2) is 18.0 Å². The average molecular weight is 399 g/mol. The van der Waals surface area contributed by atoms with Gasteiger partial charge in [-0.3, -0.25) is 4.98 Å². The zero-order chi connectivity index (χ0) is 17.8. The van der Waals surface area contributed by atoms with Gasteiger partial charge in [0.05, 0.1) is 5.32 Å². The lowest BCUT2D eigenvalue weighted by atomic mass is 10.3. The molecule has 128 valence electrons. The Balaban J connectivity index is 1.85. The minimum atomic E-state index is -2.47. The van der Waals surface area contributed by atoms with E-state index in [-0.39, 0.29) is 0 Å². The second-order valence-electron chi connectivity index (χ2n) is 6.65. The lowest BCUT2D eigenvalue weighted by Crippen LogP contribution is -2.78. The maximum Gasteiger partial charge on any atom is 0.208 e. The van der Waals surface area contributed by atoms with Crippen LogP contribution in [0.1, 0.15) is 0 Å². The minimum absolute atomic E-state index is 1.05. The quantitative estimate of drug-likeness (QED) is 0.368. The predicted octanol–water partition coefficient (Wildman–Crippen LogP) is 2.78. The molecule has 0 atom stereocenters. The summed E-state index contributed by atoms with van der Waals surface area (Å²) in [5.41, 5.74) is 0. The minimum Gasteiger partial charge on any atom is -0.260 e. The van der Waals surface area contributed by atoms with E-state index in [2.05, 4.69) is 72.8 Å². The van der Waals surface area contributed by atoms with Gasteiger partial charge in [0.25, 0.3) is 0 Å². The van der Waals surface area contributed by atoms with Crippen LogP contribution >= 0.6 is 23.5 Å². The van der Waals surface area contributed by atoms with E-state index in [4.69, 9.17) is 9.97 Å². The van der Waals surface area contributed by atoms with Crippen molar-refractivity contribution in [3.8, 4) is 0 Å². The van der Waals surface area contributed by atoms with Gasteiger partial charge in [-0.25, -0.2) is 4.98 Å². The topological polar surface area (TPSA) is 25.8 Å². The van der Waals surface area contributed by atoms with E-state index >= 15 is 0 Å². The van der Waals surface area contributed by atoms with Gasteiger partial charge in [0, 0.05) is 27.1 Å². The Kier molecular flexibility index (Phi) is 3.39. The van der Waals surface area contributed by atoms with Crippen LogP contribution in [0.4, 0.5) is 0 Å². The summed E-state index contributed by atoms with van der Waals surface area (Å²) in [5.74, 6) is 0. The third-order valence-corrected chi connectivity index (χ3v) is 13.1. The van der Waals surface area contributed by atoms with E-state index in [0.29, 0.717) is 0 Å². The Hall–Kier alpha value is -2.34. The number of rotatable bonds is 0. The Morgan fingerprint density at radius 1 is 0.556 bits per heavy atom. The summed E-state index contributed by atoms with van der Waals surface area (Å²) in [7, 11) is -2.47. The van der Waals surface area contributed by atoms with Crippen LogP contribution in [0.25, 0.3) is 0 Å². The first kappa shape index (κ1) is 15.7. The lowest BCUT2D eigenvalue weighted by Gasteiger charge is -2.41. The molecule has 0 amide bonds. The molecule has 5 heteroatoms. The fraction of sp³-hybridized carbons (Fsp3) is 0. The molecule has 27 heavy (non-hydrogen) atoms. The van der Waals surface area contributed by atoms with Gasteiger partial charge in [0.15, 0.2) is 0 Å². The molecule has 0 saturated heterocycles. The summed E-state index contributed by atoms with van der Waals surface area (Å²) in [5, 5.41) is 6.53. The highest BCUT2D eigenvalue weighted by molar-refractivity contribution is 8.01. The zero-order valence-electron chi connectivity index (χ0n) is 14.3. The smallest absolute Gasteiger partial charge is 0.208 e. The number of hydrogen-bond donors (Lipinski definition) is 0. The normalized spacial score (nSPS) is 15.4. The molecule has 0 bridgehead atoms. The predicted molar refractivity (Wildman–Crippen MR) is 114 cm³/mol. The molecule has 2 nitrogen and oxygen atoms in total. The Morgan fingerprint density at radius 3 is 1.63 bits per heavy atom. The van der Waals surface area contributed by atoms with Gasteiger partial charge >= 0.3 is 0 Å². The van der Waals surface area contributed by atoms with Gasteiger partial charge in [-0.15, -0.1) is 0 Å². The molecule has 3 aromatic carbocycles. The molecule has 4 aromatic rings. The average Bonchev–Trinajstić information content (AvgIpc) is 2.73. The van der Waals surface area contributed by atoms with Crippen LogP contribution < -0.4 is 20.9 Å². The van der Waals surface area contributed by atoms with E-state index < -0.39 is 8.07 Å². The molecule has 6 rings (SSSR count). The fourth-order valence-electron chi connectivity index (χ4n) is 4.29. The van der Waals surface area contributed by atoms with Crippen molar-refractivity contribution in [1.29, 1.82) is 0 Å². The van der Waals surface area contributed by atoms with Gasteiger partial charge in [-0.1, -0.05) is 78.1 Å². The standard InChI is InChI=1S/C22H14N2S2Si/c1-4-10-18-15(7-1)25-16-8-2-5-11-19(16)27(18)20-12-6-3-9-17(20)26-21-22(27)24-14-13-23-21/h1-14H. The van der Waals surface area contributed by atoms with Crippen molar-refractivity contribution < 1.29 is 0 Å². The van der Waals surface area contributed by atoms with Gasteiger partial charge in [-0.2, -0.15) is 0 Å². The third-order valence-electron chi connectivity index (χ3n) is 5.32. The molecular weight excluding hydrogens is 384 g/mol. The lowest BCUT2D eigenvalue weighted by molar-refractivity contribution is 1.08. The molecule has 0 N–H and O–H groups in total. The van der Waals surface area contributed by atoms with Crippen LogP contribution in [0.5, 0.6) is 0 Å². The largest absolute Gasteiger partial charge is 0.260 e. The third kappa shape index (κ3) is 2.05. The van der Waals surface area contributed by atoms with Crippen LogP contribution in [-0.2, 0) is 0 Å². The highest BCUT2D eigenvalue weighted by Crippen LogP contribution is 2.37. The van der Waals surface area contributed by atoms with Crippen molar-refractivity contribution in [2.24, 2.45) is 0 Å². The second-order valence-corrected chi connectivity index (χ2v) is 12.4. The Labute approximate surface area is 167 Å².